The average molecular weight is 424 g/mol. The Hall–Kier alpha value is -0.630. The van der Waals surface area contributed by atoms with Gasteiger partial charge in [0.25, 0.3) is 0 Å². The van der Waals surface area contributed by atoms with Crippen LogP contribution in [0, 0.1) is 3.57 Å². The van der Waals surface area contributed by atoms with Crippen LogP contribution in [0.3, 0.4) is 0 Å². The van der Waals surface area contributed by atoms with E-state index in [1.165, 1.54) is 0 Å². The summed E-state index contributed by atoms with van der Waals surface area (Å²) in [6, 6.07) is 5.25. The monoisotopic (exact) mass is 423 g/mol. The van der Waals surface area contributed by atoms with Gasteiger partial charge in [0.2, 0.25) is 0 Å². The van der Waals surface area contributed by atoms with Crippen LogP contribution in [-0.4, -0.2) is 24.1 Å². The van der Waals surface area contributed by atoms with Gasteiger partial charge in [0.15, 0.2) is 5.82 Å². The normalized spacial score (nSPS) is 10.7. The molecule has 0 unspecified atom stereocenters. The van der Waals surface area contributed by atoms with E-state index in [2.05, 4.69) is 37.9 Å². The first-order valence-corrected chi connectivity index (χ1v) is 7.58. The number of aromatic nitrogens is 2. The number of rotatable bonds is 4. The summed E-state index contributed by atoms with van der Waals surface area (Å²) in [4.78, 5) is 9.00. The summed E-state index contributed by atoms with van der Waals surface area (Å²) in [5, 5.41) is 4.15. The second kappa shape index (κ2) is 6.89. The molecule has 0 atom stereocenters. The molecule has 1 heterocycles. The molecule has 0 saturated heterocycles. The molecule has 2 rings (SSSR count). The van der Waals surface area contributed by atoms with E-state index in [0.717, 1.165) is 20.6 Å². The van der Waals surface area contributed by atoms with Gasteiger partial charge in [-0.3, -0.25) is 0 Å². The largest absolute Gasteiger partial charge is 0.378 e. The lowest BCUT2D eigenvalue weighted by Gasteiger charge is -2.11. The zero-order valence-corrected chi connectivity index (χ0v) is 14.5. The third kappa shape index (κ3) is 3.33. The van der Waals surface area contributed by atoms with Gasteiger partial charge in [-0.25, -0.2) is 9.97 Å². The molecule has 0 spiro atoms. The van der Waals surface area contributed by atoms with Crippen LogP contribution in [0.25, 0.3) is 11.4 Å². The molecule has 7 heteroatoms. The maximum atomic E-state index is 6.21. The number of halogens is 3. The van der Waals surface area contributed by atoms with Crippen molar-refractivity contribution in [1.29, 1.82) is 0 Å². The van der Waals surface area contributed by atoms with Gasteiger partial charge < -0.3 is 10.1 Å². The molecule has 106 valence electrons. The first-order chi connectivity index (χ1) is 9.56. The van der Waals surface area contributed by atoms with Gasteiger partial charge >= 0.3 is 0 Å². The number of anilines is 1. The summed E-state index contributed by atoms with van der Waals surface area (Å²) < 4.78 is 6.10. The van der Waals surface area contributed by atoms with Crippen molar-refractivity contribution in [2.45, 2.75) is 6.61 Å². The van der Waals surface area contributed by atoms with E-state index < -0.39 is 0 Å². The second-order valence-corrected chi connectivity index (χ2v) is 5.89. The Bertz CT molecular complexity index is 637. The van der Waals surface area contributed by atoms with E-state index in [4.69, 9.17) is 27.9 Å². The van der Waals surface area contributed by atoms with Gasteiger partial charge in [0.1, 0.15) is 5.82 Å². The van der Waals surface area contributed by atoms with Crippen LogP contribution in [-0.2, 0) is 11.3 Å². The molecule has 0 saturated carbocycles. The number of hydrogen-bond acceptors (Lipinski definition) is 4. The van der Waals surface area contributed by atoms with E-state index in [0.29, 0.717) is 22.5 Å². The number of nitrogens with one attached hydrogen (secondary N) is 1. The van der Waals surface area contributed by atoms with Gasteiger partial charge in [0, 0.05) is 24.7 Å². The van der Waals surface area contributed by atoms with Crippen molar-refractivity contribution in [2.75, 3.05) is 19.5 Å². The third-order valence-corrected chi connectivity index (χ3v) is 4.29. The standard InChI is InChI=1S/C13H12Cl2IN3O/c1-17-13-11(16)10(6-20-2)18-12(19-13)8-4-3-7(14)5-9(8)15/h3-5H,6H2,1-2H3,(H,17,18,19). The van der Waals surface area contributed by atoms with Crippen molar-refractivity contribution < 1.29 is 4.74 Å². The first-order valence-electron chi connectivity index (χ1n) is 5.75. The van der Waals surface area contributed by atoms with Crippen LogP contribution in [0.4, 0.5) is 5.82 Å². The summed E-state index contributed by atoms with van der Waals surface area (Å²) in [6.45, 7) is 0.410. The highest BCUT2D eigenvalue weighted by Gasteiger charge is 2.14. The maximum absolute atomic E-state index is 6.21. The number of benzene rings is 1. The summed E-state index contributed by atoms with van der Waals surface area (Å²) in [5.41, 5.74) is 1.55. The summed E-state index contributed by atoms with van der Waals surface area (Å²) in [6.07, 6.45) is 0. The van der Waals surface area contributed by atoms with E-state index in [-0.39, 0.29) is 0 Å². The van der Waals surface area contributed by atoms with E-state index in [1.807, 2.05) is 13.1 Å². The smallest absolute Gasteiger partial charge is 0.163 e. The summed E-state index contributed by atoms with van der Waals surface area (Å²) >= 11 is 14.3. The Balaban J connectivity index is 2.58. The van der Waals surface area contributed by atoms with Gasteiger partial charge in [0.05, 0.1) is 20.9 Å². The Morgan fingerprint density at radius 3 is 2.65 bits per heavy atom. The molecule has 2 aromatic rings. The topological polar surface area (TPSA) is 47.0 Å². The molecule has 1 N–H and O–H groups in total. The van der Waals surface area contributed by atoms with Crippen LogP contribution < -0.4 is 5.32 Å². The van der Waals surface area contributed by atoms with E-state index >= 15 is 0 Å². The second-order valence-electron chi connectivity index (χ2n) is 3.96. The van der Waals surface area contributed by atoms with Crippen molar-refractivity contribution in [3.8, 4) is 11.4 Å². The SMILES string of the molecule is CNc1nc(-c2ccc(Cl)cc2Cl)nc(COC)c1I. The lowest BCUT2D eigenvalue weighted by Crippen LogP contribution is -2.06. The number of methoxy groups -OCH3 is 1. The number of ether oxygens (including phenoxy) is 1. The molecule has 0 amide bonds. The maximum Gasteiger partial charge on any atom is 0.163 e. The summed E-state index contributed by atoms with van der Waals surface area (Å²) in [7, 11) is 3.44. The fraction of sp³-hybridized carbons (Fsp3) is 0.231. The third-order valence-electron chi connectivity index (χ3n) is 2.61. The Kier molecular flexibility index (Phi) is 5.42. The number of nitrogens with zero attached hydrogens (tertiary/aromatic N) is 2. The van der Waals surface area contributed by atoms with Crippen LogP contribution in [0.5, 0.6) is 0 Å². The minimum absolute atomic E-state index is 0.410. The highest BCUT2D eigenvalue weighted by Crippen LogP contribution is 2.30. The van der Waals surface area contributed by atoms with Crippen molar-refractivity contribution in [2.24, 2.45) is 0 Å². The highest BCUT2D eigenvalue weighted by molar-refractivity contribution is 14.1. The predicted octanol–water partition coefficient (Wildman–Crippen LogP) is 4.24. The molecular weight excluding hydrogens is 412 g/mol. The molecule has 1 aromatic carbocycles. The summed E-state index contributed by atoms with van der Waals surface area (Å²) in [5.74, 6) is 1.29. The lowest BCUT2D eigenvalue weighted by molar-refractivity contribution is 0.181. The first kappa shape index (κ1) is 15.8. The Morgan fingerprint density at radius 2 is 2.05 bits per heavy atom. The van der Waals surface area contributed by atoms with Gasteiger partial charge in [-0.1, -0.05) is 23.2 Å². The molecule has 20 heavy (non-hydrogen) atoms. The van der Waals surface area contributed by atoms with Crippen LogP contribution in [0.1, 0.15) is 5.69 Å². The van der Waals surface area contributed by atoms with Crippen LogP contribution in [0.15, 0.2) is 18.2 Å². The zero-order chi connectivity index (χ0) is 14.7. The average Bonchev–Trinajstić information content (AvgIpc) is 2.41. The van der Waals surface area contributed by atoms with Crippen molar-refractivity contribution >= 4 is 51.6 Å². The zero-order valence-electron chi connectivity index (χ0n) is 10.9. The Morgan fingerprint density at radius 1 is 1.30 bits per heavy atom. The van der Waals surface area contributed by atoms with Gasteiger partial charge in [-0.05, 0) is 40.8 Å². The Labute approximate surface area is 141 Å². The molecule has 0 aliphatic carbocycles. The fourth-order valence-electron chi connectivity index (χ4n) is 1.68. The van der Waals surface area contributed by atoms with Crippen molar-refractivity contribution in [3.63, 3.8) is 0 Å². The quantitative estimate of drug-likeness (QED) is 0.747. The van der Waals surface area contributed by atoms with Gasteiger partial charge in [-0.2, -0.15) is 0 Å². The predicted molar refractivity (Wildman–Crippen MR) is 90.5 cm³/mol. The van der Waals surface area contributed by atoms with E-state index in [9.17, 15) is 0 Å². The minimum atomic E-state index is 0.410. The highest BCUT2D eigenvalue weighted by atomic mass is 127. The molecule has 1 aromatic heterocycles. The minimum Gasteiger partial charge on any atom is -0.378 e. The number of hydrogen-bond donors (Lipinski definition) is 1. The molecule has 0 aliphatic heterocycles. The van der Waals surface area contributed by atoms with Crippen LogP contribution in [0.2, 0.25) is 10.0 Å². The molecule has 0 bridgehead atoms. The molecule has 0 radical (unpaired) electrons. The van der Waals surface area contributed by atoms with Crippen molar-refractivity contribution in [1.82, 2.24) is 9.97 Å². The fourth-order valence-corrected chi connectivity index (χ4v) is 2.84. The van der Waals surface area contributed by atoms with E-state index in [1.54, 1.807) is 19.2 Å². The van der Waals surface area contributed by atoms with Gasteiger partial charge in [-0.15, -0.1) is 0 Å². The molecular formula is C13H12Cl2IN3O. The molecule has 4 nitrogen and oxygen atoms in total. The van der Waals surface area contributed by atoms with Crippen LogP contribution >= 0.6 is 45.8 Å². The molecule has 0 aliphatic rings. The van der Waals surface area contributed by atoms with Crippen molar-refractivity contribution in [3.05, 3.63) is 37.5 Å². The lowest BCUT2D eigenvalue weighted by atomic mass is 10.2. The molecule has 0 fully saturated rings.